The summed E-state index contributed by atoms with van der Waals surface area (Å²) in [7, 11) is 0. The van der Waals surface area contributed by atoms with Crippen LogP contribution in [0.2, 0.25) is 0 Å². The first-order valence-electron chi connectivity index (χ1n) is 8.69. The average molecular weight is 377 g/mol. The van der Waals surface area contributed by atoms with Crippen molar-refractivity contribution < 1.29 is 19.1 Å². The van der Waals surface area contributed by atoms with Gasteiger partial charge in [-0.25, -0.2) is 0 Å². The molecule has 2 heterocycles. The molecule has 3 rings (SSSR count). The van der Waals surface area contributed by atoms with Crippen LogP contribution >= 0.6 is 11.8 Å². The van der Waals surface area contributed by atoms with E-state index in [0.717, 1.165) is 12.8 Å². The van der Waals surface area contributed by atoms with Gasteiger partial charge in [0.2, 0.25) is 5.91 Å². The van der Waals surface area contributed by atoms with Crippen LogP contribution in [0.5, 0.6) is 5.75 Å². The number of benzene rings is 1. The molecule has 2 aliphatic rings. The lowest BCUT2D eigenvalue weighted by Crippen LogP contribution is -2.54. The number of hydrogen-bond donors (Lipinski definition) is 2. The maximum Gasteiger partial charge on any atom is 0.276 e. The van der Waals surface area contributed by atoms with Crippen LogP contribution in [0.3, 0.4) is 0 Å². The van der Waals surface area contributed by atoms with Crippen LogP contribution in [-0.2, 0) is 20.8 Å². The van der Waals surface area contributed by atoms with Gasteiger partial charge in [0.05, 0.1) is 4.87 Å². The summed E-state index contributed by atoms with van der Waals surface area (Å²) >= 11 is 1.61. The molecule has 0 aromatic heterocycles. The van der Waals surface area contributed by atoms with Gasteiger partial charge < -0.3 is 9.64 Å². The third-order valence-corrected chi connectivity index (χ3v) is 6.28. The smallest absolute Gasteiger partial charge is 0.276 e. The van der Waals surface area contributed by atoms with Crippen LogP contribution in [0.25, 0.3) is 0 Å². The van der Waals surface area contributed by atoms with Crippen LogP contribution < -0.4 is 15.6 Å². The number of ether oxygens (including phenoxy) is 1. The zero-order chi connectivity index (χ0) is 18.7. The molecule has 8 heteroatoms. The minimum Gasteiger partial charge on any atom is -0.484 e. The third kappa shape index (κ3) is 3.80. The van der Waals surface area contributed by atoms with Gasteiger partial charge in [0.25, 0.3) is 11.8 Å². The Morgan fingerprint density at radius 2 is 2.04 bits per heavy atom. The molecule has 0 bridgehead atoms. The van der Waals surface area contributed by atoms with Crippen LogP contribution in [0.15, 0.2) is 24.3 Å². The first-order valence-corrected chi connectivity index (χ1v) is 9.68. The summed E-state index contributed by atoms with van der Waals surface area (Å²) in [5.74, 6) is 0.276. The number of hydrazine groups is 1. The van der Waals surface area contributed by atoms with E-state index in [1.807, 2.05) is 19.1 Å². The number of fused-ring (bicyclic) bond motifs is 1. The van der Waals surface area contributed by atoms with E-state index in [1.165, 1.54) is 5.56 Å². The van der Waals surface area contributed by atoms with Crippen molar-refractivity contribution in [2.45, 2.75) is 44.0 Å². The quantitative estimate of drug-likeness (QED) is 0.754. The maximum absolute atomic E-state index is 12.4. The second kappa shape index (κ2) is 7.57. The molecule has 140 valence electrons. The summed E-state index contributed by atoms with van der Waals surface area (Å²) in [6.07, 6.45) is 2.15. The van der Waals surface area contributed by atoms with Gasteiger partial charge in [0.15, 0.2) is 6.61 Å². The molecule has 26 heavy (non-hydrogen) atoms. The van der Waals surface area contributed by atoms with E-state index in [2.05, 4.69) is 17.8 Å². The zero-order valence-electron chi connectivity index (χ0n) is 14.9. The number of aryl methyl sites for hydroxylation is 1. The predicted molar refractivity (Wildman–Crippen MR) is 98.3 cm³/mol. The van der Waals surface area contributed by atoms with E-state index in [-0.39, 0.29) is 23.3 Å². The second-order valence-electron chi connectivity index (χ2n) is 6.59. The molecule has 7 nitrogen and oxygen atoms in total. The molecule has 1 aromatic rings. The van der Waals surface area contributed by atoms with Gasteiger partial charge in [-0.1, -0.05) is 19.1 Å². The van der Waals surface area contributed by atoms with Crippen molar-refractivity contribution in [1.82, 2.24) is 15.8 Å². The molecule has 0 unspecified atom stereocenters. The number of carbonyl (C=O) groups excluding carboxylic acids is 3. The van der Waals surface area contributed by atoms with Crippen molar-refractivity contribution >= 4 is 29.5 Å². The Morgan fingerprint density at radius 3 is 2.73 bits per heavy atom. The summed E-state index contributed by atoms with van der Waals surface area (Å²) in [4.78, 5) is 37.6. The molecule has 3 amide bonds. The third-order valence-electron chi connectivity index (χ3n) is 4.77. The highest BCUT2D eigenvalue weighted by molar-refractivity contribution is 8.01. The van der Waals surface area contributed by atoms with Gasteiger partial charge in [-0.2, -0.15) is 0 Å². The molecule has 2 aliphatic heterocycles. The van der Waals surface area contributed by atoms with E-state index in [1.54, 1.807) is 28.8 Å². The lowest BCUT2D eigenvalue weighted by Gasteiger charge is -2.29. The summed E-state index contributed by atoms with van der Waals surface area (Å²) in [6.45, 7) is 3.84. The SMILES string of the molecule is CCc1ccc(OCC(=O)NNC(=O)[C@@H]2CS[C@@]3(C)CCC(=O)N23)cc1. The Kier molecular flexibility index (Phi) is 5.41. The Bertz CT molecular complexity index is 709. The fraction of sp³-hybridized carbons (Fsp3) is 0.500. The van der Waals surface area contributed by atoms with Crippen molar-refractivity contribution in [3.8, 4) is 5.75 Å². The standard InChI is InChI=1S/C18H23N3O4S/c1-3-12-4-6-13(7-5-12)25-10-15(22)19-20-17(24)14-11-26-18(2)9-8-16(23)21(14)18/h4-7,14H,3,8-11H2,1-2H3,(H,19,22)(H,20,24)/t14-,18-/m0/s1. The van der Waals surface area contributed by atoms with E-state index in [4.69, 9.17) is 4.74 Å². The summed E-state index contributed by atoms with van der Waals surface area (Å²) < 4.78 is 5.40. The Hall–Kier alpha value is -2.22. The molecule has 2 atom stereocenters. The number of rotatable bonds is 5. The first-order chi connectivity index (χ1) is 12.4. The number of carbonyl (C=O) groups is 3. The van der Waals surface area contributed by atoms with Crippen molar-refractivity contribution in [2.75, 3.05) is 12.4 Å². The van der Waals surface area contributed by atoms with E-state index >= 15 is 0 Å². The minimum atomic E-state index is -0.553. The van der Waals surface area contributed by atoms with Gasteiger partial charge in [-0.05, 0) is 37.5 Å². The minimum absolute atomic E-state index is 0.0113. The van der Waals surface area contributed by atoms with Crippen molar-refractivity contribution in [2.24, 2.45) is 0 Å². The molecular weight excluding hydrogens is 354 g/mol. The molecule has 2 fully saturated rings. The second-order valence-corrected chi connectivity index (χ2v) is 8.09. The van der Waals surface area contributed by atoms with Crippen LogP contribution in [0, 0.1) is 0 Å². The van der Waals surface area contributed by atoms with E-state index < -0.39 is 11.9 Å². The van der Waals surface area contributed by atoms with Gasteiger partial charge in [-0.3, -0.25) is 25.2 Å². The largest absolute Gasteiger partial charge is 0.484 e. The Morgan fingerprint density at radius 1 is 1.31 bits per heavy atom. The van der Waals surface area contributed by atoms with Crippen LogP contribution in [0.1, 0.15) is 32.3 Å². The molecule has 0 saturated carbocycles. The Balaban J connectivity index is 1.45. The fourth-order valence-electron chi connectivity index (χ4n) is 3.24. The summed E-state index contributed by atoms with van der Waals surface area (Å²) in [6, 6.07) is 6.94. The Labute approximate surface area is 156 Å². The summed E-state index contributed by atoms with van der Waals surface area (Å²) in [5, 5.41) is 0. The number of thioether (sulfide) groups is 1. The van der Waals surface area contributed by atoms with Crippen molar-refractivity contribution in [1.29, 1.82) is 0 Å². The topological polar surface area (TPSA) is 87.7 Å². The van der Waals surface area contributed by atoms with E-state index in [0.29, 0.717) is 17.9 Å². The fourth-order valence-corrected chi connectivity index (χ4v) is 4.67. The highest BCUT2D eigenvalue weighted by atomic mass is 32.2. The molecule has 0 radical (unpaired) electrons. The number of hydrogen-bond acceptors (Lipinski definition) is 5. The predicted octanol–water partition coefficient (Wildman–Crippen LogP) is 1.23. The molecule has 2 N–H and O–H groups in total. The normalized spacial score (nSPS) is 24.3. The maximum atomic E-state index is 12.4. The first kappa shape index (κ1) is 18.6. The molecule has 0 spiro atoms. The molecule has 0 aliphatic carbocycles. The average Bonchev–Trinajstić information content (AvgIpc) is 3.14. The zero-order valence-corrected chi connectivity index (χ0v) is 15.7. The summed E-state index contributed by atoms with van der Waals surface area (Å²) in [5.41, 5.74) is 5.94. The van der Waals surface area contributed by atoms with Crippen LogP contribution in [0.4, 0.5) is 0 Å². The lowest BCUT2D eigenvalue weighted by atomic mass is 10.2. The molecular formula is C18H23N3O4S. The monoisotopic (exact) mass is 377 g/mol. The van der Waals surface area contributed by atoms with E-state index in [9.17, 15) is 14.4 Å². The lowest BCUT2D eigenvalue weighted by molar-refractivity contribution is -0.139. The van der Waals surface area contributed by atoms with Gasteiger partial charge in [0, 0.05) is 12.2 Å². The number of nitrogens with one attached hydrogen (secondary N) is 2. The molecule has 1 aromatic carbocycles. The number of nitrogens with zero attached hydrogens (tertiary/aromatic N) is 1. The van der Waals surface area contributed by atoms with Crippen molar-refractivity contribution in [3.05, 3.63) is 29.8 Å². The molecule has 2 saturated heterocycles. The van der Waals surface area contributed by atoms with Gasteiger partial charge in [0.1, 0.15) is 11.8 Å². The highest BCUT2D eigenvalue weighted by Gasteiger charge is 2.52. The van der Waals surface area contributed by atoms with Gasteiger partial charge in [-0.15, -0.1) is 11.8 Å². The number of amides is 3. The van der Waals surface area contributed by atoms with Gasteiger partial charge >= 0.3 is 0 Å². The van der Waals surface area contributed by atoms with Crippen LogP contribution in [-0.4, -0.2) is 45.9 Å². The van der Waals surface area contributed by atoms with Crippen molar-refractivity contribution in [3.63, 3.8) is 0 Å². The highest BCUT2D eigenvalue weighted by Crippen LogP contribution is 2.47.